The third kappa shape index (κ3) is 6.07. The number of esters is 1. The van der Waals surface area contributed by atoms with Gasteiger partial charge >= 0.3 is 5.97 Å². The summed E-state index contributed by atoms with van der Waals surface area (Å²) in [5.74, 6) is 0.794. The molecule has 0 amide bonds. The summed E-state index contributed by atoms with van der Waals surface area (Å²) in [6.07, 6.45) is 6.98. The summed E-state index contributed by atoms with van der Waals surface area (Å²) in [4.78, 5) is 24.5. The standard InChI is InChI=1S/C25H36O6/c1-4-19-14-20(18(2)13-23(19)30-17-29-12-11-28-3)9-10-25(21-7-5-6-8-21)16-22(26)15-24(27)31-25/h13-14,21H,4-12,15-17H2,1-3H3. The van der Waals surface area contributed by atoms with Crippen LogP contribution < -0.4 is 4.74 Å². The van der Waals surface area contributed by atoms with E-state index in [1.807, 2.05) is 0 Å². The topological polar surface area (TPSA) is 71.1 Å². The first kappa shape index (κ1) is 23.7. The Balaban J connectivity index is 1.71. The van der Waals surface area contributed by atoms with Crippen LogP contribution in [-0.4, -0.2) is 44.5 Å². The summed E-state index contributed by atoms with van der Waals surface area (Å²) >= 11 is 0. The number of carbonyl (C=O) groups is 2. The molecule has 6 nitrogen and oxygen atoms in total. The summed E-state index contributed by atoms with van der Waals surface area (Å²) in [6, 6.07) is 4.25. The van der Waals surface area contributed by atoms with Crippen molar-refractivity contribution in [1.29, 1.82) is 0 Å². The predicted molar refractivity (Wildman–Crippen MR) is 117 cm³/mol. The van der Waals surface area contributed by atoms with Gasteiger partial charge in [-0.05, 0) is 67.7 Å². The zero-order valence-corrected chi connectivity index (χ0v) is 19.2. The number of Topliss-reactive ketones (excluding diaryl/α,β-unsaturated/α-hetero) is 1. The minimum absolute atomic E-state index is 0.0198. The number of cyclic esters (lactones) is 1. The molecule has 172 valence electrons. The number of hydrogen-bond acceptors (Lipinski definition) is 6. The molecule has 3 rings (SSSR count). The van der Waals surface area contributed by atoms with Crippen molar-refractivity contribution in [3.05, 3.63) is 28.8 Å². The van der Waals surface area contributed by atoms with Gasteiger partial charge in [-0.3, -0.25) is 9.59 Å². The first-order valence-electron chi connectivity index (χ1n) is 11.5. The lowest BCUT2D eigenvalue weighted by molar-refractivity contribution is -0.178. The molecule has 6 heteroatoms. The minimum atomic E-state index is -0.633. The molecule has 1 heterocycles. The van der Waals surface area contributed by atoms with E-state index in [0.717, 1.165) is 55.4 Å². The van der Waals surface area contributed by atoms with E-state index in [2.05, 4.69) is 26.0 Å². The first-order valence-corrected chi connectivity index (χ1v) is 11.5. The van der Waals surface area contributed by atoms with Gasteiger partial charge in [0.05, 0.1) is 13.2 Å². The average Bonchev–Trinajstić information content (AvgIpc) is 3.28. The molecule has 0 radical (unpaired) electrons. The van der Waals surface area contributed by atoms with Gasteiger partial charge in [0.2, 0.25) is 0 Å². The Morgan fingerprint density at radius 2 is 1.90 bits per heavy atom. The molecule has 1 aliphatic carbocycles. The van der Waals surface area contributed by atoms with Crippen molar-refractivity contribution in [2.45, 2.75) is 77.2 Å². The Labute approximate surface area is 185 Å². The molecular weight excluding hydrogens is 396 g/mol. The molecule has 0 spiro atoms. The van der Waals surface area contributed by atoms with E-state index in [1.165, 1.54) is 5.56 Å². The van der Waals surface area contributed by atoms with Crippen LogP contribution in [0, 0.1) is 12.8 Å². The van der Waals surface area contributed by atoms with Crippen LogP contribution in [0.5, 0.6) is 5.75 Å². The Morgan fingerprint density at radius 1 is 1.13 bits per heavy atom. The molecule has 0 N–H and O–H groups in total. The smallest absolute Gasteiger partial charge is 0.313 e. The second kappa shape index (κ2) is 11.1. The zero-order chi connectivity index (χ0) is 22.3. The van der Waals surface area contributed by atoms with Crippen LogP contribution in [0.15, 0.2) is 12.1 Å². The molecule has 2 aliphatic rings. The number of methoxy groups -OCH3 is 1. The van der Waals surface area contributed by atoms with Crippen LogP contribution in [0.25, 0.3) is 0 Å². The summed E-state index contributed by atoms with van der Waals surface area (Å²) < 4.78 is 22.2. The van der Waals surface area contributed by atoms with Gasteiger partial charge in [-0.15, -0.1) is 0 Å². The monoisotopic (exact) mass is 432 g/mol. The van der Waals surface area contributed by atoms with E-state index in [1.54, 1.807) is 7.11 Å². The molecule has 1 aromatic rings. The van der Waals surface area contributed by atoms with Crippen molar-refractivity contribution in [1.82, 2.24) is 0 Å². The Bertz CT molecular complexity index is 750. The Hall–Kier alpha value is -1.92. The Kier molecular flexibility index (Phi) is 8.50. The maximum atomic E-state index is 12.3. The van der Waals surface area contributed by atoms with Gasteiger partial charge in [-0.1, -0.05) is 25.8 Å². The molecule has 1 saturated heterocycles. The number of hydrogen-bond donors (Lipinski definition) is 0. The highest BCUT2D eigenvalue weighted by Crippen LogP contribution is 2.44. The highest BCUT2D eigenvalue weighted by atomic mass is 16.7. The third-order valence-electron chi connectivity index (χ3n) is 6.70. The second-order valence-corrected chi connectivity index (χ2v) is 8.82. The van der Waals surface area contributed by atoms with Gasteiger partial charge in [-0.25, -0.2) is 0 Å². The SMILES string of the molecule is CCc1cc(CCC2(C3CCCC3)CC(=O)CC(=O)O2)c(C)cc1OCOCCOC. The quantitative estimate of drug-likeness (QED) is 0.224. The van der Waals surface area contributed by atoms with Crippen LogP contribution >= 0.6 is 0 Å². The van der Waals surface area contributed by atoms with E-state index in [9.17, 15) is 9.59 Å². The van der Waals surface area contributed by atoms with Crippen molar-refractivity contribution in [2.24, 2.45) is 5.92 Å². The van der Waals surface area contributed by atoms with Gasteiger partial charge < -0.3 is 18.9 Å². The van der Waals surface area contributed by atoms with E-state index in [0.29, 0.717) is 32.0 Å². The molecule has 0 aromatic heterocycles. The average molecular weight is 433 g/mol. The normalized spacial score (nSPS) is 22.0. The molecule has 1 saturated carbocycles. The minimum Gasteiger partial charge on any atom is -0.467 e. The summed E-state index contributed by atoms with van der Waals surface area (Å²) in [5.41, 5.74) is 2.85. The molecule has 1 aromatic carbocycles. The molecule has 1 unspecified atom stereocenters. The van der Waals surface area contributed by atoms with Gasteiger partial charge in [0, 0.05) is 13.5 Å². The maximum Gasteiger partial charge on any atom is 0.313 e. The fourth-order valence-corrected chi connectivity index (χ4v) is 4.99. The number of ketones is 1. The van der Waals surface area contributed by atoms with Crippen molar-refractivity contribution < 1.29 is 28.5 Å². The zero-order valence-electron chi connectivity index (χ0n) is 19.2. The van der Waals surface area contributed by atoms with E-state index < -0.39 is 5.60 Å². The molecule has 1 atom stereocenters. The number of rotatable bonds is 11. The lowest BCUT2D eigenvalue weighted by Gasteiger charge is -2.41. The van der Waals surface area contributed by atoms with E-state index in [4.69, 9.17) is 18.9 Å². The first-order chi connectivity index (χ1) is 15.0. The van der Waals surface area contributed by atoms with Crippen LogP contribution in [0.1, 0.15) is 68.6 Å². The van der Waals surface area contributed by atoms with Crippen LogP contribution in [0.2, 0.25) is 0 Å². The van der Waals surface area contributed by atoms with Crippen molar-refractivity contribution in [3.8, 4) is 5.75 Å². The van der Waals surface area contributed by atoms with Gasteiger partial charge in [0.1, 0.15) is 23.6 Å². The Morgan fingerprint density at radius 3 is 2.58 bits per heavy atom. The third-order valence-corrected chi connectivity index (χ3v) is 6.70. The number of carbonyl (C=O) groups excluding carboxylic acids is 2. The molecule has 0 bridgehead atoms. The summed E-state index contributed by atoms with van der Waals surface area (Å²) in [6.45, 7) is 5.41. The largest absolute Gasteiger partial charge is 0.467 e. The predicted octanol–water partition coefficient (Wildman–Crippen LogP) is 4.32. The van der Waals surface area contributed by atoms with Gasteiger partial charge in [0.25, 0.3) is 0 Å². The molecule has 31 heavy (non-hydrogen) atoms. The fourth-order valence-electron chi connectivity index (χ4n) is 4.99. The maximum absolute atomic E-state index is 12.3. The highest BCUT2D eigenvalue weighted by molar-refractivity contribution is 5.98. The number of ether oxygens (including phenoxy) is 4. The molecule has 2 fully saturated rings. The highest BCUT2D eigenvalue weighted by Gasteiger charge is 2.47. The molecular formula is C25H36O6. The number of aryl methyl sites for hydroxylation is 3. The van der Waals surface area contributed by atoms with Gasteiger partial charge in [0.15, 0.2) is 6.79 Å². The fraction of sp³-hybridized carbons (Fsp3) is 0.680. The summed E-state index contributed by atoms with van der Waals surface area (Å²) in [5, 5.41) is 0. The lowest BCUT2D eigenvalue weighted by Crippen LogP contribution is -2.48. The van der Waals surface area contributed by atoms with E-state index >= 15 is 0 Å². The number of benzene rings is 1. The van der Waals surface area contributed by atoms with Crippen molar-refractivity contribution in [2.75, 3.05) is 27.1 Å². The van der Waals surface area contributed by atoms with Crippen molar-refractivity contribution >= 4 is 11.8 Å². The second-order valence-electron chi connectivity index (χ2n) is 8.82. The van der Waals surface area contributed by atoms with Crippen LogP contribution in [0.3, 0.4) is 0 Å². The van der Waals surface area contributed by atoms with E-state index in [-0.39, 0.29) is 25.0 Å². The van der Waals surface area contributed by atoms with Gasteiger partial charge in [-0.2, -0.15) is 0 Å². The van der Waals surface area contributed by atoms with Crippen molar-refractivity contribution in [3.63, 3.8) is 0 Å². The van der Waals surface area contributed by atoms with Crippen LogP contribution in [-0.2, 0) is 36.6 Å². The van der Waals surface area contributed by atoms with Crippen LogP contribution in [0.4, 0.5) is 0 Å². The summed E-state index contributed by atoms with van der Waals surface area (Å²) in [7, 11) is 1.64. The molecule has 1 aliphatic heterocycles. The lowest BCUT2D eigenvalue weighted by atomic mass is 9.75.